The molecule has 23 aromatic carbocycles. The highest BCUT2D eigenvalue weighted by molar-refractivity contribution is 6.26. The van der Waals surface area contributed by atoms with Crippen LogP contribution in [0.2, 0.25) is 0 Å². The molecule has 0 unspecified atom stereocenters. The van der Waals surface area contributed by atoms with Crippen LogP contribution in [0.1, 0.15) is 0 Å². The van der Waals surface area contributed by atoms with Crippen molar-refractivity contribution in [1.29, 1.82) is 0 Å². The molecule has 0 radical (unpaired) electrons. The molecule has 0 bridgehead atoms. The molecule has 3 heteroatoms. The first-order valence-electron chi connectivity index (χ1n) is 42.9. The van der Waals surface area contributed by atoms with Crippen molar-refractivity contribution in [3.63, 3.8) is 0 Å². The third kappa shape index (κ3) is 12.6. The number of furan rings is 3. The Balaban J connectivity index is 0.000000105. The Morgan fingerprint density at radius 3 is 0.712 bits per heavy atom. The molecule has 0 fully saturated rings. The van der Waals surface area contributed by atoms with Crippen LogP contribution in [-0.4, -0.2) is 0 Å². The van der Waals surface area contributed by atoms with E-state index in [0.29, 0.717) is 0 Å². The van der Waals surface area contributed by atoms with E-state index in [2.05, 4.69) is 455 Å². The first-order chi connectivity index (χ1) is 62.0. The third-order valence-electron chi connectivity index (χ3n) is 25.6. The van der Waals surface area contributed by atoms with Gasteiger partial charge in [-0.1, -0.05) is 382 Å². The predicted octanol–water partition coefficient (Wildman–Crippen LogP) is 35.0. The van der Waals surface area contributed by atoms with Gasteiger partial charge in [0.1, 0.15) is 33.5 Å². The fourth-order valence-corrected chi connectivity index (χ4v) is 19.9. The highest BCUT2D eigenvalue weighted by Gasteiger charge is 2.24. The summed E-state index contributed by atoms with van der Waals surface area (Å²) in [6.45, 7) is 0. The number of rotatable bonds is 9. The molecule has 3 nitrogen and oxygen atoms in total. The maximum Gasteiger partial charge on any atom is 0.136 e. The number of hydrogen-bond acceptors (Lipinski definition) is 3. The van der Waals surface area contributed by atoms with Crippen molar-refractivity contribution in [2.75, 3.05) is 0 Å². The summed E-state index contributed by atoms with van der Waals surface area (Å²) in [6.07, 6.45) is 0. The van der Waals surface area contributed by atoms with E-state index in [-0.39, 0.29) is 0 Å². The largest absolute Gasteiger partial charge is 0.456 e. The second kappa shape index (κ2) is 30.4. The topological polar surface area (TPSA) is 39.4 Å². The molecule has 0 spiro atoms. The van der Waals surface area contributed by atoms with Crippen molar-refractivity contribution in [3.05, 3.63) is 461 Å². The summed E-state index contributed by atoms with van der Waals surface area (Å²) in [5.74, 6) is 0. The number of hydrogen-bond donors (Lipinski definition) is 0. The van der Waals surface area contributed by atoms with Gasteiger partial charge in [-0.25, -0.2) is 0 Å². The van der Waals surface area contributed by atoms with Crippen LogP contribution < -0.4 is 0 Å². The molecule has 26 aromatic rings. The monoisotopic (exact) mass is 1590 g/mol. The zero-order valence-electron chi connectivity index (χ0n) is 68.1. The van der Waals surface area contributed by atoms with Crippen LogP contribution in [0.25, 0.3) is 252 Å². The Bertz CT molecular complexity index is 8590. The summed E-state index contributed by atoms with van der Waals surface area (Å²) in [6, 6.07) is 165. The normalized spacial score (nSPS) is 11.7. The summed E-state index contributed by atoms with van der Waals surface area (Å²) in [5, 5.41) is 26.9. The second-order valence-corrected chi connectivity index (χ2v) is 32.6. The van der Waals surface area contributed by atoms with Crippen molar-refractivity contribution in [3.8, 4) is 100 Å². The van der Waals surface area contributed by atoms with Crippen LogP contribution in [0, 0.1) is 0 Å². The predicted molar refractivity (Wildman–Crippen MR) is 530 cm³/mol. The van der Waals surface area contributed by atoms with Crippen molar-refractivity contribution in [2.24, 2.45) is 0 Å². The average Bonchev–Trinajstić information content (AvgIpc) is 1.59. The molecule has 0 aliphatic heterocycles. The minimum Gasteiger partial charge on any atom is -0.456 e. The molecule has 0 N–H and O–H groups in total. The molecule has 0 amide bonds. The molecular weight excluding hydrogens is 1510 g/mol. The van der Waals surface area contributed by atoms with E-state index in [1.54, 1.807) is 0 Å². The third-order valence-corrected chi connectivity index (χ3v) is 25.6. The van der Waals surface area contributed by atoms with Crippen LogP contribution in [0.3, 0.4) is 0 Å². The molecule has 125 heavy (non-hydrogen) atoms. The maximum atomic E-state index is 6.47. The van der Waals surface area contributed by atoms with Crippen LogP contribution in [0.15, 0.2) is 474 Å². The summed E-state index contributed by atoms with van der Waals surface area (Å²) in [4.78, 5) is 0. The van der Waals surface area contributed by atoms with Gasteiger partial charge in [-0.05, 0) is 265 Å². The summed E-state index contributed by atoms with van der Waals surface area (Å²) in [7, 11) is 0. The lowest BCUT2D eigenvalue weighted by Gasteiger charge is -2.17. The van der Waals surface area contributed by atoms with Gasteiger partial charge in [0.2, 0.25) is 0 Å². The molecule has 0 saturated heterocycles. The summed E-state index contributed by atoms with van der Waals surface area (Å²) < 4.78 is 19.3. The fraction of sp³-hybridized carbons (Fsp3) is 0. The van der Waals surface area contributed by atoms with Gasteiger partial charge in [0.15, 0.2) is 0 Å². The first-order valence-corrected chi connectivity index (χ1v) is 42.9. The summed E-state index contributed by atoms with van der Waals surface area (Å²) in [5.41, 5.74) is 27.5. The van der Waals surface area contributed by atoms with Gasteiger partial charge in [0.05, 0.1) is 0 Å². The van der Waals surface area contributed by atoms with E-state index < -0.39 is 0 Å². The molecular formula is C122H76O3. The van der Waals surface area contributed by atoms with Crippen molar-refractivity contribution in [1.82, 2.24) is 0 Å². The average molecular weight is 1590 g/mol. The van der Waals surface area contributed by atoms with E-state index in [4.69, 9.17) is 13.3 Å². The van der Waals surface area contributed by atoms with Gasteiger partial charge in [-0.3, -0.25) is 0 Å². The lowest BCUT2D eigenvalue weighted by atomic mass is 9.86. The zero-order chi connectivity index (χ0) is 82.4. The van der Waals surface area contributed by atoms with Crippen LogP contribution >= 0.6 is 0 Å². The van der Waals surface area contributed by atoms with E-state index in [0.717, 1.165) is 82.5 Å². The smallest absolute Gasteiger partial charge is 0.136 e. The van der Waals surface area contributed by atoms with Crippen molar-refractivity contribution < 1.29 is 13.3 Å². The standard InChI is InChI=1S/2C42H26O.C38H24O/c1-2-12-28(13-3-1)41-34-16-6-8-18-36(34)42(37-19-9-7-17-35(37)41)30-22-24-39-38(25-30)33-23-21-29(26-40(33)43-39)32-20-10-14-27-11-4-5-15-31(27)32;1-2-11-28(12-3-1)41-34-14-6-8-16-36(34)42(37-17-9-7-15-35(37)41)32-21-23-39-38(25-32)33-22-20-31(26-40(33)43-39)30-19-18-27-10-4-5-13-29(27)24-30;1-3-11-25(12-4-1)27-19-21-29-34-23-28(20-22-35(34)39-36(29)24-27)38-32-17-9-7-15-30(32)37(26-13-5-2-6-14-26)31-16-8-10-18-33(31)38/h2*1-26H;1-24H. The van der Waals surface area contributed by atoms with Gasteiger partial charge >= 0.3 is 0 Å². The Morgan fingerprint density at radius 2 is 0.352 bits per heavy atom. The SMILES string of the molecule is c1ccc(-c2c3ccccc3c(-c3ccc4oc5cc(-c6ccc7ccccc7c6)ccc5c4c3)c3ccccc23)cc1.c1ccc(-c2c3ccccc3c(-c3ccc4oc5cc(-c6cccc7ccccc67)ccc5c4c3)c3ccccc23)cc1.c1ccc(-c2ccc3c(c2)oc2ccc(-c4c5ccccc5c(-c5ccccc5)c5ccccc45)cc23)cc1. The van der Waals surface area contributed by atoms with Crippen molar-refractivity contribution >= 4 is 152 Å². The highest BCUT2D eigenvalue weighted by Crippen LogP contribution is 2.50. The molecule has 26 rings (SSSR count). The molecule has 3 aromatic heterocycles. The molecule has 582 valence electrons. The van der Waals surface area contributed by atoms with E-state index in [1.807, 2.05) is 6.07 Å². The Morgan fingerprint density at radius 1 is 0.104 bits per heavy atom. The van der Waals surface area contributed by atoms with Crippen molar-refractivity contribution in [2.45, 2.75) is 0 Å². The first kappa shape index (κ1) is 72.5. The Labute approximate surface area is 721 Å². The molecule has 0 atom stereocenters. The minimum atomic E-state index is 0.906. The quantitative estimate of drug-likeness (QED) is 0.135. The minimum absolute atomic E-state index is 0.906. The molecule has 0 aliphatic rings. The molecule has 0 saturated carbocycles. The Hall–Kier alpha value is -16.5. The zero-order valence-corrected chi connectivity index (χ0v) is 68.1. The lowest BCUT2D eigenvalue weighted by molar-refractivity contribution is 0.668. The molecule has 3 heterocycles. The van der Waals surface area contributed by atoms with Crippen LogP contribution in [0.5, 0.6) is 0 Å². The van der Waals surface area contributed by atoms with E-state index in [1.165, 1.54) is 170 Å². The van der Waals surface area contributed by atoms with Gasteiger partial charge in [-0.15, -0.1) is 0 Å². The van der Waals surface area contributed by atoms with Crippen LogP contribution in [-0.2, 0) is 0 Å². The van der Waals surface area contributed by atoms with E-state index in [9.17, 15) is 0 Å². The lowest BCUT2D eigenvalue weighted by Crippen LogP contribution is -1.90. The van der Waals surface area contributed by atoms with Crippen LogP contribution in [0.4, 0.5) is 0 Å². The number of benzene rings is 23. The fourth-order valence-electron chi connectivity index (χ4n) is 19.9. The number of fused-ring (bicyclic) bond motifs is 17. The van der Waals surface area contributed by atoms with E-state index >= 15 is 0 Å². The Kier molecular flexibility index (Phi) is 17.6. The van der Waals surface area contributed by atoms with Gasteiger partial charge in [-0.2, -0.15) is 0 Å². The van der Waals surface area contributed by atoms with Gasteiger partial charge in [0, 0.05) is 32.3 Å². The summed E-state index contributed by atoms with van der Waals surface area (Å²) >= 11 is 0. The maximum absolute atomic E-state index is 6.47. The highest BCUT2D eigenvalue weighted by atomic mass is 16.3. The van der Waals surface area contributed by atoms with Gasteiger partial charge in [0.25, 0.3) is 0 Å². The van der Waals surface area contributed by atoms with Gasteiger partial charge < -0.3 is 13.3 Å². The molecule has 0 aliphatic carbocycles. The second-order valence-electron chi connectivity index (χ2n) is 32.6.